The van der Waals surface area contributed by atoms with Crippen LogP contribution in [0.5, 0.6) is 0 Å². The first-order chi connectivity index (χ1) is 5.33. The summed E-state index contributed by atoms with van der Waals surface area (Å²) in [4.78, 5) is 0. The van der Waals surface area contributed by atoms with Crippen LogP contribution in [0.25, 0.3) is 0 Å². The first kappa shape index (κ1) is 11.4. The Morgan fingerprint density at radius 3 is 2.00 bits per heavy atom. The molecule has 1 unspecified atom stereocenters. The van der Waals surface area contributed by atoms with Crippen LogP contribution in [0, 0.1) is 22.7 Å². The number of allylic oxidation sites excluding steroid dienone is 1. The molecule has 0 amide bonds. The first-order valence-electron chi connectivity index (χ1n) is 4.53. The van der Waals surface area contributed by atoms with Crippen molar-refractivity contribution in [3.05, 3.63) is 12.2 Å². The van der Waals surface area contributed by atoms with E-state index in [2.05, 4.69) is 27.4 Å². The van der Waals surface area contributed by atoms with Gasteiger partial charge in [0.1, 0.15) is 0 Å². The predicted octanol–water partition coefficient (Wildman–Crippen LogP) is 3.51. The van der Waals surface area contributed by atoms with E-state index in [9.17, 15) is 0 Å². The predicted molar refractivity (Wildman–Crippen MR) is 55.7 cm³/mol. The molecule has 0 saturated heterocycles. The van der Waals surface area contributed by atoms with Crippen molar-refractivity contribution in [3.63, 3.8) is 0 Å². The summed E-state index contributed by atoms with van der Waals surface area (Å²) in [5, 5.41) is 7.28. The highest BCUT2D eigenvalue weighted by molar-refractivity contribution is 5.66. The Bertz CT molecular complexity index is 177. The molecular weight excluding hydrogens is 146 g/mol. The Kier molecular flexibility index (Phi) is 3.69. The molecule has 0 aliphatic heterocycles. The Hall–Kier alpha value is -0.590. The summed E-state index contributed by atoms with van der Waals surface area (Å²) in [5.41, 5.74) is 1.01. The summed E-state index contributed by atoms with van der Waals surface area (Å²) < 4.78 is 0. The van der Waals surface area contributed by atoms with Gasteiger partial charge in [0.05, 0.1) is 0 Å². The van der Waals surface area contributed by atoms with Crippen LogP contribution >= 0.6 is 0 Å². The van der Waals surface area contributed by atoms with Crippen LogP contribution in [-0.4, -0.2) is 6.21 Å². The monoisotopic (exact) mass is 167 g/mol. The molecule has 0 saturated carbocycles. The van der Waals surface area contributed by atoms with Gasteiger partial charge in [0.25, 0.3) is 0 Å². The van der Waals surface area contributed by atoms with Crippen LogP contribution in [-0.2, 0) is 0 Å². The fraction of sp³-hybridized carbons (Fsp3) is 0.727. The molecule has 0 aromatic heterocycles. The lowest BCUT2D eigenvalue weighted by molar-refractivity contribution is 0.420. The minimum Gasteiger partial charge on any atom is -0.312 e. The van der Waals surface area contributed by atoms with Gasteiger partial charge in [0.15, 0.2) is 0 Å². The molecule has 0 aliphatic carbocycles. The third-order valence-corrected chi connectivity index (χ3v) is 2.74. The summed E-state index contributed by atoms with van der Waals surface area (Å²) >= 11 is 0. The van der Waals surface area contributed by atoms with Gasteiger partial charge in [-0.1, -0.05) is 46.8 Å². The normalized spacial score (nSPS) is 14.5. The van der Waals surface area contributed by atoms with E-state index in [4.69, 9.17) is 5.41 Å². The molecule has 0 aliphatic rings. The molecule has 0 bridgehead atoms. The Morgan fingerprint density at radius 2 is 1.75 bits per heavy atom. The van der Waals surface area contributed by atoms with E-state index in [1.54, 1.807) is 0 Å². The SMILES string of the molecule is C=C(C(C)C(C)C)C(C)(C)C=N. The zero-order chi connectivity index (χ0) is 9.94. The largest absolute Gasteiger partial charge is 0.312 e. The Labute approximate surface area is 76.4 Å². The van der Waals surface area contributed by atoms with Gasteiger partial charge < -0.3 is 5.41 Å². The summed E-state index contributed by atoms with van der Waals surface area (Å²) in [5.74, 6) is 1.10. The maximum atomic E-state index is 7.28. The average molecular weight is 167 g/mol. The van der Waals surface area contributed by atoms with Crippen molar-refractivity contribution in [3.8, 4) is 0 Å². The molecule has 0 radical (unpaired) electrons. The van der Waals surface area contributed by atoms with Crippen LogP contribution in [0.4, 0.5) is 0 Å². The summed E-state index contributed by atoms with van der Waals surface area (Å²) in [6.07, 6.45) is 1.48. The standard InChI is InChI=1S/C11H21N/c1-8(2)9(3)10(4)11(5,6)7-12/h7-9,12H,4H2,1-3,5-6H3. The fourth-order valence-corrected chi connectivity index (χ4v) is 1.08. The minimum absolute atomic E-state index is 0.149. The fourth-order valence-electron chi connectivity index (χ4n) is 1.08. The van der Waals surface area contributed by atoms with E-state index in [0.29, 0.717) is 11.8 Å². The van der Waals surface area contributed by atoms with E-state index in [-0.39, 0.29) is 5.41 Å². The molecule has 1 heteroatoms. The number of rotatable bonds is 4. The second-order valence-corrected chi connectivity index (χ2v) is 4.42. The second-order valence-electron chi connectivity index (χ2n) is 4.42. The van der Waals surface area contributed by atoms with Gasteiger partial charge >= 0.3 is 0 Å². The summed E-state index contributed by atoms with van der Waals surface area (Å²) in [7, 11) is 0. The van der Waals surface area contributed by atoms with Crippen LogP contribution in [0.1, 0.15) is 34.6 Å². The van der Waals surface area contributed by atoms with Gasteiger partial charge in [0.2, 0.25) is 0 Å². The lowest BCUT2D eigenvalue weighted by Gasteiger charge is -2.29. The maximum Gasteiger partial charge on any atom is 0.0201 e. The maximum absolute atomic E-state index is 7.28. The van der Waals surface area contributed by atoms with Crippen molar-refractivity contribution in [1.82, 2.24) is 0 Å². The van der Waals surface area contributed by atoms with Gasteiger partial charge in [-0.2, -0.15) is 0 Å². The molecule has 1 N–H and O–H groups in total. The number of nitrogens with one attached hydrogen (secondary N) is 1. The van der Waals surface area contributed by atoms with E-state index in [0.717, 1.165) is 5.57 Å². The van der Waals surface area contributed by atoms with Gasteiger partial charge in [-0.05, 0) is 11.8 Å². The number of hydrogen-bond donors (Lipinski definition) is 1. The van der Waals surface area contributed by atoms with E-state index < -0.39 is 0 Å². The van der Waals surface area contributed by atoms with Crippen molar-refractivity contribution < 1.29 is 0 Å². The molecule has 0 spiro atoms. The van der Waals surface area contributed by atoms with Crippen LogP contribution < -0.4 is 0 Å². The molecular formula is C11H21N. The van der Waals surface area contributed by atoms with Gasteiger partial charge in [-0.25, -0.2) is 0 Å². The van der Waals surface area contributed by atoms with E-state index in [1.165, 1.54) is 6.21 Å². The molecule has 1 nitrogen and oxygen atoms in total. The smallest absolute Gasteiger partial charge is 0.0201 e. The highest BCUT2D eigenvalue weighted by atomic mass is 14.4. The molecule has 0 rings (SSSR count). The van der Waals surface area contributed by atoms with Crippen molar-refractivity contribution >= 4 is 6.21 Å². The average Bonchev–Trinajstić information content (AvgIpc) is 2.01. The van der Waals surface area contributed by atoms with Crippen molar-refractivity contribution in [2.24, 2.45) is 17.3 Å². The zero-order valence-electron chi connectivity index (χ0n) is 8.94. The molecule has 1 atom stereocenters. The Balaban J connectivity index is 4.49. The third kappa shape index (κ3) is 2.47. The highest BCUT2D eigenvalue weighted by Crippen LogP contribution is 2.32. The lowest BCUT2D eigenvalue weighted by Crippen LogP contribution is -2.22. The van der Waals surface area contributed by atoms with Crippen molar-refractivity contribution in [1.29, 1.82) is 5.41 Å². The van der Waals surface area contributed by atoms with Crippen LogP contribution in [0.15, 0.2) is 12.2 Å². The Morgan fingerprint density at radius 1 is 1.33 bits per heavy atom. The van der Waals surface area contributed by atoms with Crippen molar-refractivity contribution in [2.45, 2.75) is 34.6 Å². The van der Waals surface area contributed by atoms with Gasteiger partial charge in [0, 0.05) is 11.6 Å². The van der Waals surface area contributed by atoms with E-state index in [1.807, 2.05) is 13.8 Å². The van der Waals surface area contributed by atoms with Gasteiger partial charge in [-0.3, -0.25) is 0 Å². The molecule has 0 fully saturated rings. The van der Waals surface area contributed by atoms with Crippen molar-refractivity contribution in [2.75, 3.05) is 0 Å². The molecule has 0 aromatic rings. The molecule has 12 heavy (non-hydrogen) atoms. The molecule has 0 aromatic carbocycles. The minimum atomic E-state index is -0.149. The highest BCUT2D eigenvalue weighted by Gasteiger charge is 2.24. The summed E-state index contributed by atoms with van der Waals surface area (Å²) in [6, 6.07) is 0. The zero-order valence-corrected chi connectivity index (χ0v) is 8.94. The van der Waals surface area contributed by atoms with Crippen LogP contribution in [0.3, 0.4) is 0 Å². The molecule has 0 heterocycles. The van der Waals surface area contributed by atoms with Gasteiger partial charge in [-0.15, -0.1) is 0 Å². The topological polar surface area (TPSA) is 23.9 Å². The molecule has 70 valence electrons. The quantitative estimate of drug-likeness (QED) is 0.489. The first-order valence-corrected chi connectivity index (χ1v) is 4.53. The van der Waals surface area contributed by atoms with Crippen LogP contribution in [0.2, 0.25) is 0 Å². The van der Waals surface area contributed by atoms with E-state index >= 15 is 0 Å². The second kappa shape index (κ2) is 3.88. The third-order valence-electron chi connectivity index (χ3n) is 2.74. The lowest BCUT2D eigenvalue weighted by atomic mass is 9.76. The summed E-state index contributed by atoms with van der Waals surface area (Å²) in [6.45, 7) is 14.7. The number of hydrogen-bond acceptors (Lipinski definition) is 1.